The van der Waals surface area contributed by atoms with Crippen molar-refractivity contribution >= 4 is 49.7 Å². The molecular weight excluding hydrogens is 266 g/mol. The highest BCUT2D eigenvalue weighted by atomic mass is 79.9. The number of thioether (sulfide) groups is 2. The van der Waals surface area contributed by atoms with E-state index in [2.05, 4.69) is 50.9 Å². The van der Waals surface area contributed by atoms with Crippen molar-refractivity contribution in [2.45, 2.75) is 6.92 Å². The number of hydrogen-bond donors (Lipinski definition) is 0. The molecule has 1 fully saturated rings. The molecule has 1 aliphatic rings. The SMILES string of the molecule is Cc1ccccc1[N+](Br)=C1SCS1. The maximum Gasteiger partial charge on any atom is 0.333 e. The summed E-state index contributed by atoms with van der Waals surface area (Å²) in [6, 6.07) is 8.37. The van der Waals surface area contributed by atoms with Gasteiger partial charge in [-0.3, -0.25) is 0 Å². The molecular formula is C9H9BrNS2+. The van der Waals surface area contributed by atoms with E-state index in [1.54, 1.807) is 0 Å². The Labute approximate surface area is 94.9 Å². The van der Waals surface area contributed by atoms with Crippen LogP contribution in [0.25, 0.3) is 0 Å². The van der Waals surface area contributed by atoms with Gasteiger partial charge in [-0.2, -0.15) is 0 Å². The molecule has 0 atom stereocenters. The topological polar surface area (TPSA) is 3.01 Å². The van der Waals surface area contributed by atoms with Crippen LogP contribution in [0.15, 0.2) is 24.3 Å². The first-order valence-corrected chi connectivity index (χ1v) is 6.61. The molecule has 2 rings (SSSR count). The van der Waals surface area contributed by atoms with Gasteiger partial charge in [0.1, 0.15) is 0 Å². The fourth-order valence-corrected chi connectivity index (χ4v) is 3.44. The molecule has 0 aromatic heterocycles. The number of rotatable bonds is 1. The summed E-state index contributed by atoms with van der Waals surface area (Å²) in [5.41, 5.74) is 2.53. The molecule has 0 unspecified atom stereocenters. The minimum Gasteiger partial charge on any atom is -0.104 e. The summed E-state index contributed by atoms with van der Waals surface area (Å²) in [7, 11) is 0. The summed E-state index contributed by atoms with van der Waals surface area (Å²) in [6.45, 7) is 2.12. The summed E-state index contributed by atoms with van der Waals surface area (Å²) in [4.78, 5) is 0. The Hall–Kier alpha value is 0.0700. The number of benzene rings is 1. The van der Waals surface area contributed by atoms with Crippen molar-refractivity contribution in [1.29, 1.82) is 0 Å². The first-order valence-electron chi connectivity index (χ1n) is 3.93. The molecule has 0 radical (unpaired) electrons. The molecule has 1 nitrogen and oxygen atoms in total. The van der Waals surface area contributed by atoms with Crippen LogP contribution in [0.2, 0.25) is 0 Å². The van der Waals surface area contributed by atoms with Gasteiger partial charge < -0.3 is 0 Å². The Balaban J connectivity index is 2.40. The second-order valence-electron chi connectivity index (χ2n) is 2.74. The van der Waals surface area contributed by atoms with E-state index >= 15 is 0 Å². The number of nitrogens with zero attached hydrogens (tertiary/aromatic N) is 1. The van der Waals surface area contributed by atoms with Gasteiger partial charge in [-0.05, 0) is 30.4 Å². The zero-order valence-corrected chi connectivity index (χ0v) is 10.4. The molecule has 0 aliphatic carbocycles. The number of para-hydroxylation sites is 1. The second-order valence-corrected chi connectivity index (χ2v) is 6.00. The van der Waals surface area contributed by atoms with Gasteiger partial charge in [0.2, 0.25) is 5.69 Å². The van der Waals surface area contributed by atoms with Gasteiger partial charge in [-0.15, -0.1) is 3.60 Å². The summed E-state index contributed by atoms with van der Waals surface area (Å²) in [5.74, 6) is 0. The third-order valence-electron chi connectivity index (χ3n) is 1.85. The third kappa shape index (κ3) is 1.95. The molecule has 1 aromatic carbocycles. The summed E-state index contributed by atoms with van der Waals surface area (Å²) >= 11 is 7.32. The molecule has 0 N–H and O–H groups in total. The molecule has 1 saturated heterocycles. The Morgan fingerprint density at radius 3 is 2.54 bits per heavy atom. The average molecular weight is 275 g/mol. The van der Waals surface area contributed by atoms with Crippen molar-refractivity contribution in [2.75, 3.05) is 5.08 Å². The fourth-order valence-electron chi connectivity index (χ4n) is 1.11. The largest absolute Gasteiger partial charge is 0.333 e. The van der Waals surface area contributed by atoms with Gasteiger partial charge in [0.25, 0.3) is 4.38 Å². The van der Waals surface area contributed by atoms with Gasteiger partial charge >= 0.3 is 16.1 Å². The molecule has 0 saturated carbocycles. The normalized spacial score (nSPS) is 15.4. The van der Waals surface area contributed by atoms with Crippen LogP contribution >= 0.6 is 39.7 Å². The Morgan fingerprint density at radius 2 is 2.00 bits per heavy atom. The van der Waals surface area contributed by atoms with E-state index in [9.17, 15) is 0 Å². The number of hydrogen-bond acceptors (Lipinski definition) is 2. The lowest BCUT2D eigenvalue weighted by Crippen LogP contribution is -2.09. The van der Waals surface area contributed by atoms with Crippen LogP contribution < -0.4 is 0 Å². The van der Waals surface area contributed by atoms with Gasteiger partial charge in [-0.1, -0.05) is 18.2 Å². The maximum absolute atomic E-state index is 3.57. The van der Waals surface area contributed by atoms with Crippen LogP contribution in [0.4, 0.5) is 5.69 Å². The highest BCUT2D eigenvalue weighted by molar-refractivity contribution is 9.05. The van der Waals surface area contributed by atoms with E-state index in [0.717, 1.165) is 0 Å². The van der Waals surface area contributed by atoms with Gasteiger partial charge in [0.05, 0.1) is 5.08 Å². The van der Waals surface area contributed by atoms with Crippen molar-refractivity contribution < 1.29 is 3.60 Å². The van der Waals surface area contributed by atoms with Crippen LogP contribution in [0.1, 0.15) is 5.56 Å². The summed E-state index contributed by atoms with van der Waals surface area (Å²) in [6.07, 6.45) is 0. The lowest BCUT2D eigenvalue weighted by atomic mass is 10.2. The maximum atomic E-state index is 3.57. The Kier molecular flexibility index (Phi) is 3.01. The standard InChI is InChI=1S/C9H9BrNS2/c1-7-4-2-3-5-8(7)11(10)9-12-6-13-9/h2-5H,6H2,1H3/q+1. The van der Waals surface area contributed by atoms with Gasteiger partial charge in [-0.25, -0.2) is 0 Å². The number of halogens is 1. The van der Waals surface area contributed by atoms with Gasteiger partial charge in [0, 0.05) is 11.6 Å². The monoisotopic (exact) mass is 274 g/mol. The zero-order chi connectivity index (χ0) is 9.26. The molecule has 1 aromatic rings. The summed E-state index contributed by atoms with van der Waals surface area (Å²) < 4.78 is 3.41. The Morgan fingerprint density at radius 1 is 1.31 bits per heavy atom. The van der Waals surface area contributed by atoms with E-state index in [1.807, 2.05) is 23.5 Å². The molecule has 0 bridgehead atoms. The van der Waals surface area contributed by atoms with E-state index in [-0.39, 0.29) is 0 Å². The molecule has 4 heteroatoms. The highest BCUT2D eigenvalue weighted by Gasteiger charge is 2.26. The van der Waals surface area contributed by atoms with Crippen molar-refractivity contribution in [1.82, 2.24) is 0 Å². The molecule has 0 spiro atoms. The van der Waals surface area contributed by atoms with E-state index in [4.69, 9.17) is 0 Å². The van der Waals surface area contributed by atoms with Crippen molar-refractivity contribution in [2.24, 2.45) is 0 Å². The number of aryl methyl sites for hydroxylation is 1. The van der Waals surface area contributed by atoms with E-state index < -0.39 is 0 Å². The fraction of sp³-hybridized carbons (Fsp3) is 0.222. The lowest BCUT2D eigenvalue weighted by molar-refractivity contribution is -0.209. The molecule has 68 valence electrons. The Bertz CT molecular complexity index is 356. The highest BCUT2D eigenvalue weighted by Crippen LogP contribution is 2.36. The smallest absolute Gasteiger partial charge is 0.104 e. The lowest BCUT2D eigenvalue weighted by Gasteiger charge is -2.09. The molecule has 0 amide bonds. The predicted octanol–water partition coefficient (Wildman–Crippen LogP) is 3.74. The molecule has 13 heavy (non-hydrogen) atoms. The first kappa shape index (κ1) is 9.62. The van der Waals surface area contributed by atoms with Crippen LogP contribution in [-0.4, -0.2) is 13.1 Å². The first-order chi connectivity index (χ1) is 6.29. The van der Waals surface area contributed by atoms with Crippen LogP contribution in [0, 0.1) is 6.92 Å². The van der Waals surface area contributed by atoms with Crippen LogP contribution in [0.3, 0.4) is 0 Å². The zero-order valence-electron chi connectivity index (χ0n) is 7.16. The minimum atomic E-state index is 1.17. The van der Waals surface area contributed by atoms with Crippen LogP contribution in [-0.2, 0) is 0 Å². The van der Waals surface area contributed by atoms with Crippen LogP contribution in [0.5, 0.6) is 0 Å². The molecule has 1 aliphatic heterocycles. The summed E-state index contributed by atoms with van der Waals surface area (Å²) in [5, 5.41) is 1.17. The average Bonchev–Trinajstić information content (AvgIpc) is 2.01. The predicted molar refractivity (Wildman–Crippen MR) is 65.1 cm³/mol. The van der Waals surface area contributed by atoms with Crippen molar-refractivity contribution in [3.63, 3.8) is 0 Å². The quantitative estimate of drug-likeness (QED) is 0.718. The van der Waals surface area contributed by atoms with Gasteiger partial charge in [0.15, 0.2) is 0 Å². The second kappa shape index (κ2) is 4.07. The van der Waals surface area contributed by atoms with Crippen molar-refractivity contribution in [3.8, 4) is 0 Å². The van der Waals surface area contributed by atoms with E-state index in [1.165, 1.54) is 20.7 Å². The van der Waals surface area contributed by atoms with E-state index in [0.29, 0.717) is 0 Å². The third-order valence-corrected chi connectivity index (χ3v) is 5.57. The molecule has 1 heterocycles. The minimum absolute atomic E-state index is 1.17. The van der Waals surface area contributed by atoms with Crippen molar-refractivity contribution in [3.05, 3.63) is 29.8 Å².